The van der Waals surface area contributed by atoms with Crippen LogP contribution in [0.1, 0.15) is 52.9 Å². The first-order chi connectivity index (χ1) is 7.25. The van der Waals surface area contributed by atoms with Gasteiger partial charge in [-0.15, -0.1) is 0 Å². The summed E-state index contributed by atoms with van der Waals surface area (Å²) in [4.78, 5) is 0. The second kappa shape index (κ2) is 5.86. The first kappa shape index (κ1) is 13.0. The predicted molar refractivity (Wildman–Crippen MR) is 65.1 cm³/mol. The molecule has 1 N–H and O–H groups in total. The Balaban J connectivity index is 2.45. The third-order valence-electron chi connectivity index (χ3n) is 4.27. The zero-order chi connectivity index (χ0) is 11.3. The van der Waals surface area contributed by atoms with Crippen molar-refractivity contribution in [1.29, 1.82) is 0 Å². The molecule has 0 bridgehead atoms. The molecule has 1 aliphatic carbocycles. The van der Waals surface area contributed by atoms with Crippen molar-refractivity contribution in [2.24, 2.45) is 5.41 Å². The number of hydrogen-bond donors (Lipinski definition) is 1. The molecule has 1 rings (SSSR count). The molecule has 0 spiro atoms. The van der Waals surface area contributed by atoms with Gasteiger partial charge in [-0.1, -0.05) is 27.2 Å². The Kier molecular flexibility index (Phi) is 5.07. The average Bonchev–Trinajstić information content (AvgIpc) is 2.24. The third kappa shape index (κ3) is 2.36. The maximum atomic E-state index is 6.01. The minimum Gasteiger partial charge on any atom is -0.378 e. The summed E-state index contributed by atoms with van der Waals surface area (Å²) in [6.07, 6.45) is 6.58. The largest absolute Gasteiger partial charge is 0.378 e. The third-order valence-corrected chi connectivity index (χ3v) is 4.27. The van der Waals surface area contributed by atoms with Gasteiger partial charge >= 0.3 is 0 Å². The molecule has 0 aromatic heterocycles. The topological polar surface area (TPSA) is 21.3 Å². The van der Waals surface area contributed by atoms with Gasteiger partial charge in [-0.05, 0) is 32.7 Å². The molecule has 2 unspecified atom stereocenters. The van der Waals surface area contributed by atoms with Crippen LogP contribution in [0.15, 0.2) is 0 Å². The van der Waals surface area contributed by atoms with Gasteiger partial charge < -0.3 is 10.1 Å². The van der Waals surface area contributed by atoms with Gasteiger partial charge in [-0.25, -0.2) is 0 Å². The van der Waals surface area contributed by atoms with Gasteiger partial charge in [0.25, 0.3) is 0 Å². The molecule has 0 heterocycles. The first-order valence-corrected chi connectivity index (χ1v) is 6.54. The fourth-order valence-corrected chi connectivity index (χ4v) is 2.95. The molecule has 0 radical (unpaired) electrons. The fraction of sp³-hybridized carbons (Fsp3) is 1.00. The summed E-state index contributed by atoms with van der Waals surface area (Å²) in [5.74, 6) is 0. The summed E-state index contributed by atoms with van der Waals surface area (Å²) < 4.78 is 6.01. The van der Waals surface area contributed by atoms with Crippen molar-refractivity contribution in [1.82, 2.24) is 5.32 Å². The van der Waals surface area contributed by atoms with E-state index in [0.717, 1.165) is 6.61 Å². The van der Waals surface area contributed by atoms with E-state index in [1.807, 2.05) is 0 Å². The Bertz CT molecular complexity index is 177. The summed E-state index contributed by atoms with van der Waals surface area (Å²) in [6, 6.07) is 0.666. The smallest absolute Gasteiger partial charge is 0.0661 e. The monoisotopic (exact) mass is 213 g/mol. The van der Waals surface area contributed by atoms with E-state index in [2.05, 4.69) is 33.1 Å². The van der Waals surface area contributed by atoms with Gasteiger partial charge in [0.2, 0.25) is 0 Å². The van der Waals surface area contributed by atoms with Gasteiger partial charge in [0.05, 0.1) is 6.10 Å². The van der Waals surface area contributed by atoms with Crippen LogP contribution in [0.25, 0.3) is 0 Å². The van der Waals surface area contributed by atoms with Crippen molar-refractivity contribution in [2.45, 2.75) is 65.0 Å². The minimum atomic E-state index is 0.405. The Morgan fingerprint density at radius 1 is 1.27 bits per heavy atom. The highest BCUT2D eigenvalue weighted by atomic mass is 16.5. The van der Waals surface area contributed by atoms with E-state index in [1.165, 1.54) is 32.1 Å². The molecule has 0 amide bonds. The number of rotatable bonds is 7. The van der Waals surface area contributed by atoms with Crippen LogP contribution in [0.2, 0.25) is 0 Å². The maximum absolute atomic E-state index is 6.01. The molecule has 1 saturated carbocycles. The van der Waals surface area contributed by atoms with Gasteiger partial charge in [-0.2, -0.15) is 0 Å². The molecule has 0 aromatic carbocycles. The molecule has 2 heteroatoms. The summed E-state index contributed by atoms with van der Waals surface area (Å²) in [7, 11) is 2.08. The van der Waals surface area contributed by atoms with Crippen molar-refractivity contribution >= 4 is 0 Å². The number of nitrogens with one attached hydrogen (secondary N) is 1. The van der Waals surface area contributed by atoms with E-state index < -0.39 is 0 Å². The fourth-order valence-electron chi connectivity index (χ4n) is 2.95. The summed E-state index contributed by atoms with van der Waals surface area (Å²) >= 11 is 0. The number of ether oxygens (including phenoxy) is 1. The van der Waals surface area contributed by atoms with E-state index >= 15 is 0 Å². The lowest BCUT2D eigenvalue weighted by Crippen LogP contribution is -2.62. The zero-order valence-corrected chi connectivity index (χ0v) is 10.8. The van der Waals surface area contributed by atoms with Crippen LogP contribution >= 0.6 is 0 Å². The number of unbranched alkanes of at least 4 members (excludes halogenated alkanes) is 1. The van der Waals surface area contributed by atoms with E-state index in [-0.39, 0.29) is 0 Å². The zero-order valence-electron chi connectivity index (χ0n) is 10.8. The molecular weight excluding hydrogens is 186 g/mol. The van der Waals surface area contributed by atoms with E-state index in [4.69, 9.17) is 4.74 Å². The Labute approximate surface area is 94.8 Å². The molecule has 1 fully saturated rings. The lowest BCUT2D eigenvalue weighted by atomic mass is 9.58. The summed E-state index contributed by atoms with van der Waals surface area (Å²) in [5, 5.41) is 3.43. The average molecular weight is 213 g/mol. The van der Waals surface area contributed by atoms with Gasteiger partial charge in [0.1, 0.15) is 0 Å². The predicted octanol–water partition coefficient (Wildman–Crippen LogP) is 2.97. The Hall–Kier alpha value is -0.0800. The molecule has 2 nitrogen and oxygen atoms in total. The van der Waals surface area contributed by atoms with Crippen LogP contribution < -0.4 is 5.32 Å². The highest BCUT2D eigenvalue weighted by Gasteiger charge is 2.52. The van der Waals surface area contributed by atoms with Crippen molar-refractivity contribution < 1.29 is 4.74 Å². The van der Waals surface area contributed by atoms with E-state index in [0.29, 0.717) is 17.6 Å². The van der Waals surface area contributed by atoms with Crippen molar-refractivity contribution in [3.05, 3.63) is 0 Å². The quantitative estimate of drug-likeness (QED) is 0.656. The molecule has 90 valence electrons. The SMILES string of the molecule is CCCCOC1CC(NC)C1(CC)CC. The second-order valence-corrected chi connectivity index (χ2v) is 4.73. The van der Waals surface area contributed by atoms with Gasteiger partial charge in [0, 0.05) is 18.1 Å². The van der Waals surface area contributed by atoms with Crippen LogP contribution in [0.4, 0.5) is 0 Å². The van der Waals surface area contributed by atoms with Crippen LogP contribution in [0, 0.1) is 5.41 Å². The molecular formula is C13H27NO. The van der Waals surface area contributed by atoms with Crippen LogP contribution in [-0.4, -0.2) is 25.8 Å². The van der Waals surface area contributed by atoms with Crippen molar-refractivity contribution in [3.8, 4) is 0 Å². The molecule has 15 heavy (non-hydrogen) atoms. The van der Waals surface area contributed by atoms with Gasteiger partial charge in [-0.3, -0.25) is 0 Å². The molecule has 2 atom stereocenters. The lowest BCUT2D eigenvalue weighted by Gasteiger charge is -2.55. The molecule has 0 saturated heterocycles. The summed E-state index contributed by atoms with van der Waals surface area (Å²) in [5.41, 5.74) is 0.405. The number of hydrogen-bond acceptors (Lipinski definition) is 2. The van der Waals surface area contributed by atoms with Crippen molar-refractivity contribution in [3.63, 3.8) is 0 Å². The van der Waals surface area contributed by atoms with E-state index in [9.17, 15) is 0 Å². The highest BCUT2D eigenvalue weighted by molar-refractivity contribution is 5.06. The molecule has 0 aliphatic heterocycles. The van der Waals surface area contributed by atoms with Crippen LogP contribution in [0.3, 0.4) is 0 Å². The Morgan fingerprint density at radius 3 is 2.40 bits per heavy atom. The maximum Gasteiger partial charge on any atom is 0.0661 e. The molecule has 0 aromatic rings. The lowest BCUT2D eigenvalue weighted by molar-refractivity contribution is -0.139. The second-order valence-electron chi connectivity index (χ2n) is 4.73. The highest BCUT2D eigenvalue weighted by Crippen LogP contribution is 2.48. The molecule has 1 aliphatic rings. The Morgan fingerprint density at radius 2 is 1.93 bits per heavy atom. The van der Waals surface area contributed by atoms with Crippen molar-refractivity contribution in [2.75, 3.05) is 13.7 Å². The van der Waals surface area contributed by atoms with Crippen LogP contribution in [-0.2, 0) is 4.74 Å². The first-order valence-electron chi connectivity index (χ1n) is 6.54. The standard InChI is InChI=1S/C13H27NO/c1-5-8-9-15-12-10-11(14-4)13(12,6-2)7-3/h11-12,14H,5-10H2,1-4H3. The van der Waals surface area contributed by atoms with E-state index in [1.54, 1.807) is 0 Å². The normalized spacial score (nSPS) is 28.8. The van der Waals surface area contributed by atoms with Gasteiger partial charge in [0.15, 0.2) is 0 Å². The van der Waals surface area contributed by atoms with Crippen LogP contribution in [0.5, 0.6) is 0 Å². The minimum absolute atomic E-state index is 0.405. The summed E-state index contributed by atoms with van der Waals surface area (Å²) in [6.45, 7) is 7.75.